The first-order chi connectivity index (χ1) is 15.1. The highest BCUT2D eigenvalue weighted by Gasteiger charge is 2.50. The number of ether oxygens (including phenoxy) is 1. The van der Waals surface area contributed by atoms with E-state index in [1.807, 2.05) is 13.8 Å². The molecule has 2 unspecified atom stereocenters. The number of alkyl halides is 3. The average Bonchev–Trinajstić information content (AvgIpc) is 3.19. The minimum absolute atomic E-state index is 0.0207. The van der Waals surface area contributed by atoms with E-state index in [2.05, 4.69) is 10.3 Å². The summed E-state index contributed by atoms with van der Waals surface area (Å²) in [4.78, 5) is 19.5. The van der Waals surface area contributed by atoms with Crippen molar-refractivity contribution in [1.82, 2.24) is 15.2 Å². The number of fused-ring (bicyclic) bond motifs is 1. The second kappa shape index (κ2) is 8.91. The molecule has 3 aliphatic rings. The Balaban J connectivity index is 1.48. The molecule has 4 atom stereocenters. The Hall–Kier alpha value is -1.71. The van der Waals surface area contributed by atoms with Crippen LogP contribution in [0, 0.1) is 11.3 Å². The maximum Gasteiger partial charge on any atom is 0.417 e. The van der Waals surface area contributed by atoms with Crippen molar-refractivity contribution in [2.45, 2.75) is 76.9 Å². The van der Waals surface area contributed by atoms with Crippen molar-refractivity contribution in [1.29, 1.82) is 0 Å². The molecule has 1 saturated carbocycles. The fraction of sp³-hybridized carbons (Fsp3) is 0.739. The van der Waals surface area contributed by atoms with Crippen molar-refractivity contribution in [2.75, 3.05) is 19.8 Å². The molecule has 4 rings (SSSR count). The number of aromatic nitrogens is 1. The summed E-state index contributed by atoms with van der Waals surface area (Å²) in [6.45, 7) is 5.65. The fourth-order valence-electron chi connectivity index (χ4n) is 5.47. The van der Waals surface area contributed by atoms with Gasteiger partial charge in [-0.15, -0.1) is 0 Å². The summed E-state index contributed by atoms with van der Waals surface area (Å²) in [5, 5.41) is 13.7. The van der Waals surface area contributed by atoms with Crippen LogP contribution < -0.4 is 5.32 Å². The minimum atomic E-state index is -4.45. The van der Waals surface area contributed by atoms with E-state index in [4.69, 9.17) is 4.74 Å². The summed E-state index contributed by atoms with van der Waals surface area (Å²) in [6, 6.07) is 1.21. The predicted octanol–water partition coefficient (Wildman–Crippen LogP) is 2.92. The van der Waals surface area contributed by atoms with E-state index in [0.717, 1.165) is 31.5 Å². The fourth-order valence-corrected chi connectivity index (χ4v) is 5.47. The number of carbonyl (C=O) groups excluding carboxylic acids is 1. The van der Waals surface area contributed by atoms with Gasteiger partial charge >= 0.3 is 6.18 Å². The van der Waals surface area contributed by atoms with Crippen molar-refractivity contribution in [2.24, 2.45) is 11.3 Å². The molecule has 32 heavy (non-hydrogen) atoms. The Labute approximate surface area is 186 Å². The van der Waals surface area contributed by atoms with Crippen molar-refractivity contribution >= 4 is 5.91 Å². The molecule has 0 aromatic carbocycles. The maximum absolute atomic E-state index is 13.7. The Kier molecular flexibility index (Phi) is 6.53. The molecule has 9 heteroatoms. The molecule has 1 aromatic heterocycles. The van der Waals surface area contributed by atoms with Crippen molar-refractivity contribution < 1.29 is 27.8 Å². The van der Waals surface area contributed by atoms with Gasteiger partial charge in [-0.25, -0.2) is 0 Å². The number of hydrogen-bond donors (Lipinski definition) is 2. The van der Waals surface area contributed by atoms with Crippen molar-refractivity contribution in [3.8, 4) is 0 Å². The van der Waals surface area contributed by atoms with Crippen LogP contribution >= 0.6 is 0 Å². The van der Waals surface area contributed by atoms with Crippen LogP contribution in [0.25, 0.3) is 0 Å². The zero-order chi connectivity index (χ0) is 23.1. The normalized spacial score (nSPS) is 31.1. The molecular weight excluding hydrogens is 423 g/mol. The molecule has 3 heterocycles. The van der Waals surface area contributed by atoms with Gasteiger partial charge in [-0.1, -0.05) is 13.8 Å². The first kappa shape index (κ1) is 23.4. The van der Waals surface area contributed by atoms with E-state index < -0.39 is 23.3 Å². The summed E-state index contributed by atoms with van der Waals surface area (Å²) in [6.07, 6.45) is -0.708. The zero-order valence-corrected chi connectivity index (χ0v) is 18.6. The maximum atomic E-state index is 13.7. The second-order valence-electron chi connectivity index (χ2n) is 9.76. The van der Waals surface area contributed by atoms with Crippen LogP contribution in [0.1, 0.15) is 56.4 Å². The minimum Gasteiger partial charge on any atom is -0.389 e. The van der Waals surface area contributed by atoms with Gasteiger partial charge in [0.2, 0.25) is 5.91 Å². The molecule has 1 aromatic rings. The lowest BCUT2D eigenvalue weighted by Gasteiger charge is -2.40. The van der Waals surface area contributed by atoms with Crippen LogP contribution in [0.5, 0.6) is 0 Å². The standard InChI is InChI=1S/C23H32F3N3O3/c1-14(2)22(6-3-17(10-22)28-19-5-8-32-13-20(19)30)21(31)29-7-4-18-15(12-29)9-16(11-27-18)23(24,25)26/h9,11,14,17,19-20,28,30H,3-8,10,12-13H2,1-2H3/t17-,19?,20?,22+/m1/s1. The molecule has 1 aliphatic carbocycles. The van der Waals surface area contributed by atoms with Crippen LogP contribution in [-0.2, 0) is 28.7 Å². The van der Waals surface area contributed by atoms with E-state index >= 15 is 0 Å². The molecule has 1 amide bonds. The first-order valence-corrected chi connectivity index (χ1v) is 11.5. The monoisotopic (exact) mass is 455 g/mol. The highest BCUT2D eigenvalue weighted by Crippen LogP contribution is 2.46. The number of hydrogen-bond acceptors (Lipinski definition) is 5. The van der Waals surface area contributed by atoms with Gasteiger partial charge in [0, 0.05) is 50.1 Å². The molecule has 0 spiro atoms. The highest BCUT2D eigenvalue weighted by atomic mass is 19.4. The van der Waals surface area contributed by atoms with E-state index in [9.17, 15) is 23.1 Å². The van der Waals surface area contributed by atoms with Gasteiger partial charge in [0.05, 0.1) is 23.7 Å². The number of nitrogens with one attached hydrogen (secondary N) is 1. The number of halogens is 3. The number of pyridine rings is 1. The summed E-state index contributed by atoms with van der Waals surface area (Å²) < 4.78 is 44.7. The van der Waals surface area contributed by atoms with Gasteiger partial charge in [0.1, 0.15) is 0 Å². The molecule has 178 valence electrons. The summed E-state index contributed by atoms with van der Waals surface area (Å²) in [5.74, 6) is 0.120. The number of nitrogens with zero attached hydrogens (tertiary/aromatic N) is 2. The van der Waals surface area contributed by atoms with Crippen molar-refractivity contribution in [3.05, 3.63) is 29.1 Å². The van der Waals surface area contributed by atoms with Crippen LogP contribution in [0.3, 0.4) is 0 Å². The number of amides is 1. The summed E-state index contributed by atoms with van der Waals surface area (Å²) in [5.41, 5.74) is -0.207. The lowest BCUT2D eigenvalue weighted by molar-refractivity contribution is -0.146. The van der Waals surface area contributed by atoms with E-state index in [1.165, 1.54) is 0 Å². The third-order valence-electron chi connectivity index (χ3n) is 7.51. The Bertz CT molecular complexity index is 848. The molecule has 0 radical (unpaired) electrons. The SMILES string of the molecule is CC(C)[C@]1(C(=O)N2CCc3ncc(C(F)(F)F)cc3C2)CC[C@@H](NC2CCOCC2O)C1. The smallest absolute Gasteiger partial charge is 0.389 e. The summed E-state index contributed by atoms with van der Waals surface area (Å²) >= 11 is 0. The second-order valence-corrected chi connectivity index (χ2v) is 9.76. The average molecular weight is 456 g/mol. The van der Waals surface area contributed by atoms with E-state index in [-0.39, 0.29) is 30.5 Å². The lowest BCUT2D eigenvalue weighted by Crippen LogP contribution is -2.51. The third-order valence-corrected chi connectivity index (χ3v) is 7.51. The molecular formula is C23H32F3N3O3. The molecule has 1 saturated heterocycles. The number of carbonyl (C=O) groups is 1. The number of aliphatic hydroxyl groups excluding tert-OH is 1. The zero-order valence-electron chi connectivity index (χ0n) is 18.6. The van der Waals surface area contributed by atoms with Gasteiger partial charge < -0.3 is 20.1 Å². The summed E-state index contributed by atoms with van der Waals surface area (Å²) in [7, 11) is 0. The Morgan fingerprint density at radius 3 is 2.84 bits per heavy atom. The van der Waals surface area contributed by atoms with Gasteiger partial charge in [-0.3, -0.25) is 9.78 Å². The largest absolute Gasteiger partial charge is 0.417 e. The molecule has 0 bridgehead atoms. The Morgan fingerprint density at radius 2 is 2.16 bits per heavy atom. The molecule has 2 N–H and O–H groups in total. The van der Waals surface area contributed by atoms with Gasteiger partial charge in [0.15, 0.2) is 0 Å². The van der Waals surface area contributed by atoms with Crippen LogP contribution in [-0.4, -0.2) is 58.8 Å². The van der Waals surface area contributed by atoms with Crippen LogP contribution in [0.15, 0.2) is 12.3 Å². The topological polar surface area (TPSA) is 74.7 Å². The lowest BCUT2D eigenvalue weighted by atomic mass is 9.74. The molecule has 2 fully saturated rings. The highest BCUT2D eigenvalue weighted by molar-refractivity contribution is 5.83. The number of aliphatic hydroxyl groups is 1. The van der Waals surface area contributed by atoms with Crippen LogP contribution in [0.4, 0.5) is 13.2 Å². The van der Waals surface area contributed by atoms with E-state index in [0.29, 0.717) is 43.9 Å². The van der Waals surface area contributed by atoms with Gasteiger partial charge in [-0.2, -0.15) is 13.2 Å². The van der Waals surface area contributed by atoms with Crippen molar-refractivity contribution in [3.63, 3.8) is 0 Å². The Morgan fingerprint density at radius 1 is 1.38 bits per heavy atom. The predicted molar refractivity (Wildman–Crippen MR) is 112 cm³/mol. The number of rotatable bonds is 4. The van der Waals surface area contributed by atoms with Gasteiger partial charge in [-0.05, 0) is 43.2 Å². The first-order valence-electron chi connectivity index (χ1n) is 11.5. The van der Waals surface area contributed by atoms with Crippen LogP contribution in [0.2, 0.25) is 0 Å². The molecule has 6 nitrogen and oxygen atoms in total. The van der Waals surface area contributed by atoms with E-state index in [1.54, 1.807) is 4.90 Å². The third kappa shape index (κ3) is 4.52. The molecule has 2 aliphatic heterocycles. The van der Waals surface area contributed by atoms with Gasteiger partial charge in [0.25, 0.3) is 0 Å². The quantitative estimate of drug-likeness (QED) is 0.730.